The lowest BCUT2D eigenvalue weighted by atomic mass is 9.99. The summed E-state index contributed by atoms with van der Waals surface area (Å²) in [5, 5.41) is 0. The average molecular weight is 363 g/mol. The van der Waals surface area contributed by atoms with E-state index in [9.17, 15) is 0 Å². The molecule has 1 aliphatic heterocycles. The number of nitrogens with two attached hydrogens (primary N) is 1. The minimum absolute atomic E-state index is 0.536. The number of pyridine rings is 1. The summed E-state index contributed by atoms with van der Waals surface area (Å²) in [4.78, 5) is 7.53. The standard InChI is InChI=1S/C23H30N4/c1-16(2)18-6-8-19(9-7-18)23-21(15-26-12-4-5-17(3)13-26)27-14-20(24)10-11-22(27)25-23/h6-11,14,16-17H,4-5,12-13,15,24H2,1-3H3. The fourth-order valence-electron chi connectivity index (χ4n) is 4.16. The quantitative estimate of drug-likeness (QED) is 0.715. The summed E-state index contributed by atoms with van der Waals surface area (Å²) in [6, 6.07) is 12.8. The molecule has 0 spiro atoms. The molecule has 0 radical (unpaired) electrons. The van der Waals surface area contributed by atoms with Gasteiger partial charge in [-0.25, -0.2) is 4.98 Å². The van der Waals surface area contributed by atoms with Crippen molar-refractivity contribution >= 4 is 11.3 Å². The molecule has 1 atom stereocenters. The average Bonchev–Trinajstić information content (AvgIpc) is 2.99. The van der Waals surface area contributed by atoms with E-state index in [0.29, 0.717) is 5.92 Å². The summed E-state index contributed by atoms with van der Waals surface area (Å²) < 4.78 is 2.18. The molecule has 3 aromatic rings. The summed E-state index contributed by atoms with van der Waals surface area (Å²) in [5.41, 5.74) is 12.7. The lowest BCUT2D eigenvalue weighted by Gasteiger charge is -2.30. The first-order chi connectivity index (χ1) is 13.0. The molecule has 142 valence electrons. The van der Waals surface area contributed by atoms with Gasteiger partial charge in [-0.3, -0.25) is 4.90 Å². The molecule has 1 fully saturated rings. The Balaban J connectivity index is 1.76. The number of benzene rings is 1. The van der Waals surface area contributed by atoms with Gasteiger partial charge in [0, 0.05) is 30.5 Å². The SMILES string of the molecule is CC1CCCN(Cc2c(-c3ccc(C(C)C)cc3)nc3ccc(N)cn23)C1. The predicted molar refractivity (Wildman–Crippen MR) is 113 cm³/mol. The molecule has 4 heteroatoms. The van der Waals surface area contributed by atoms with E-state index in [1.807, 2.05) is 18.3 Å². The van der Waals surface area contributed by atoms with Gasteiger partial charge < -0.3 is 10.1 Å². The summed E-state index contributed by atoms with van der Waals surface area (Å²) in [6.07, 6.45) is 4.62. The molecule has 1 saturated heterocycles. The van der Waals surface area contributed by atoms with Gasteiger partial charge in [0.1, 0.15) is 5.65 Å². The highest BCUT2D eigenvalue weighted by Gasteiger charge is 2.21. The van der Waals surface area contributed by atoms with Crippen molar-refractivity contribution in [1.82, 2.24) is 14.3 Å². The molecule has 4 nitrogen and oxygen atoms in total. The molecule has 2 aromatic heterocycles. The second-order valence-corrected chi connectivity index (χ2v) is 8.36. The topological polar surface area (TPSA) is 46.6 Å². The molecule has 1 unspecified atom stereocenters. The third-order valence-corrected chi connectivity index (χ3v) is 5.71. The van der Waals surface area contributed by atoms with Crippen LogP contribution < -0.4 is 5.73 Å². The second kappa shape index (κ2) is 7.35. The molecule has 0 bridgehead atoms. The van der Waals surface area contributed by atoms with E-state index in [-0.39, 0.29) is 0 Å². The lowest BCUT2D eigenvalue weighted by molar-refractivity contribution is 0.174. The number of hydrogen-bond donors (Lipinski definition) is 1. The highest BCUT2D eigenvalue weighted by molar-refractivity contribution is 5.67. The second-order valence-electron chi connectivity index (χ2n) is 8.36. The number of anilines is 1. The molecule has 0 saturated carbocycles. The van der Waals surface area contributed by atoms with Crippen molar-refractivity contribution in [2.45, 2.75) is 46.1 Å². The van der Waals surface area contributed by atoms with E-state index < -0.39 is 0 Å². The van der Waals surface area contributed by atoms with Gasteiger partial charge in [0.2, 0.25) is 0 Å². The molecule has 2 N–H and O–H groups in total. The first-order valence-electron chi connectivity index (χ1n) is 10.1. The minimum atomic E-state index is 0.536. The van der Waals surface area contributed by atoms with Gasteiger partial charge in [-0.1, -0.05) is 45.0 Å². The van der Waals surface area contributed by atoms with Gasteiger partial charge in [-0.2, -0.15) is 0 Å². The number of fused-ring (bicyclic) bond motifs is 1. The molecule has 3 heterocycles. The fourth-order valence-corrected chi connectivity index (χ4v) is 4.16. The maximum absolute atomic E-state index is 6.09. The third kappa shape index (κ3) is 3.72. The Labute approximate surface area is 162 Å². The van der Waals surface area contributed by atoms with Crippen LogP contribution >= 0.6 is 0 Å². The minimum Gasteiger partial charge on any atom is -0.398 e. The summed E-state index contributed by atoms with van der Waals surface area (Å²) in [7, 11) is 0. The highest BCUT2D eigenvalue weighted by atomic mass is 15.2. The first kappa shape index (κ1) is 18.1. The zero-order valence-corrected chi connectivity index (χ0v) is 16.7. The Hall–Kier alpha value is -2.33. The predicted octanol–water partition coefficient (Wildman–Crippen LogP) is 4.94. The van der Waals surface area contributed by atoms with E-state index in [1.165, 1.54) is 29.7 Å². The molecule has 0 amide bonds. The van der Waals surface area contributed by atoms with Crippen molar-refractivity contribution in [1.29, 1.82) is 0 Å². The molecular formula is C23H30N4. The van der Waals surface area contributed by atoms with Gasteiger partial charge in [0.25, 0.3) is 0 Å². The zero-order chi connectivity index (χ0) is 19.0. The Bertz CT molecular complexity index is 923. The number of piperidine rings is 1. The van der Waals surface area contributed by atoms with E-state index in [4.69, 9.17) is 10.7 Å². The highest BCUT2D eigenvalue weighted by Crippen LogP contribution is 2.29. The van der Waals surface area contributed by atoms with Crippen molar-refractivity contribution in [3.05, 3.63) is 53.9 Å². The van der Waals surface area contributed by atoms with Crippen molar-refractivity contribution < 1.29 is 0 Å². The molecule has 1 aromatic carbocycles. The number of rotatable bonds is 4. The molecule has 27 heavy (non-hydrogen) atoms. The number of aromatic nitrogens is 2. The van der Waals surface area contributed by atoms with E-state index >= 15 is 0 Å². The fraction of sp³-hybridized carbons (Fsp3) is 0.435. The van der Waals surface area contributed by atoms with Crippen LogP contribution in [-0.2, 0) is 6.54 Å². The van der Waals surface area contributed by atoms with Gasteiger partial charge in [0.15, 0.2) is 0 Å². The largest absolute Gasteiger partial charge is 0.398 e. The smallest absolute Gasteiger partial charge is 0.137 e. The van der Waals surface area contributed by atoms with Crippen LogP contribution in [0.1, 0.15) is 50.8 Å². The van der Waals surface area contributed by atoms with Crippen LogP contribution in [0.5, 0.6) is 0 Å². The third-order valence-electron chi connectivity index (χ3n) is 5.71. The molecule has 1 aliphatic rings. The normalized spacial score (nSPS) is 18.4. The van der Waals surface area contributed by atoms with E-state index in [1.54, 1.807) is 0 Å². The van der Waals surface area contributed by atoms with Crippen molar-refractivity contribution in [3.8, 4) is 11.3 Å². The summed E-state index contributed by atoms with van der Waals surface area (Å²) in [5.74, 6) is 1.30. The van der Waals surface area contributed by atoms with Crippen molar-refractivity contribution in [2.75, 3.05) is 18.8 Å². The maximum atomic E-state index is 6.09. The van der Waals surface area contributed by atoms with Gasteiger partial charge >= 0.3 is 0 Å². The molecule has 0 aliphatic carbocycles. The van der Waals surface area contributed by atoms with Crippen LogP contribution in [0.4, 0.5) is 5.69 Å². The maximum Gasteiger partial charge on any atom is 0.137 e. The van der Waals surface area contributed by atoms with E-state index in [2.05, 4.69) is 54.3 Å². The number of nitrogen functional groups attached to an aromatic ring is 1. The number of likely N-dealkylation sites (tertiary alicyclic amines) is 1. The zero-order valence-electron chi connectivity index (χ0n) is 16.7. The van der Waals surface area contributed by atoms with Crippen LogP contribution in [0.15, 0.2) is 42.6 Å². The Morgan fingerprint density at radius 3 is 2.63 bits per heavy atom. The van der Waals surface area contributed by atoms with Crippen LogP contribution in [0, 0.1) is 5.92 Å². The lowest BCUT2D eigenvalue weighted by Crippen LogP contribution is -2.34. The Kier molecular flexibility index (Phi) is 4.92. The molecular weight excluding hydrogens is 332 g/mol. The van der Waals surface area contributed by atoms with E-state index in [0.717, 1.165) is 42.6 Å². The molecule has 4 rings (SSSR count). The monoisotopic (exact) mass is 362 g/mol. The van der Waals surface area contributed by atoms with Crippen LogP contribution in [0.3, 0.4) is 0 Å². The Morgan fingerprint density at radius 1 is 1.15 bits per heavy atom. The van der Waals surface area contributed by atoms with Crippen molar-refractivity contribution in [2.24, 2.45) is 5.92 Å². The summed E-state index contributed by atoms with van der Waals surface area (Å²) in [6.45, 7) is 10.0. The van der Waals surface area contributed by atoms with Gasteiger partial charge in [-0.05, 0) is 48.9 Å². The van der Waals surface area contributed by atoms with Crippen molar-refractivity contribution in [3.63, 3.8) is 0 Å². The number of hydrogen-bond acceptors (Lipinski definition) is 3. The van der Waals surface area contributed by atoms with Gasteiger partial charge in [-0.15, -0.1) is 0 Å². The van der Waals surface area contributed by atoms with Crippen LogP contribution in [0.2, 0.25) is 0 Å². The first-order valence-corrected chi connectivity index (χ1v) is 10.1. The number of imidazole rings is 1. The number of nitrogens with zero attached hydrogens (tertiary/aromatic N) is 3. The van der Waals surface area contributed by atoms with Crippen LogP contribution in [-0.4, -0.2) is 27.4 Å². The van der Waals surface area contributed by atoms with Gasteiger partial charge in [0.05, 0.1) is 11.4 Å². The van der Waals surface area contributed by atoms with Crippen LogP contribution in [0.25, 0.3) is 16.9 Å². The Morgan fingerprint density at radius 2 is 1.93 bits per heavy atom. The summed E-state index contributed by atoms with van der Waals surface area (Å²) >= 11 is 0.